The summed E-state index contributed by atoms with van der Waals surface area (Å²) in [7, 11) is 1.69. The Labute approximate surface area is 66.1 Å². The van der Waals surface area contributed by atoms with E-state index in [1.165, 1.54) is 10.4 Å². The summed E-state index contributed by atoms with van der Waals surface area (Å²) in [6.45, 7) is 2.04. The predicted octanol–water partition coefficient (Wildman–Crippen LogP) is 1.59. The maximum atomic E-state index is 5.33. The number of nitrogens with two attached hydrogens (primary N) is 1. The van der Waals surface area contributed by atoms with Gasteiger partial charge in [0.05, 0.1) is 0 Å². The third kappa shape index (κ3) is 2.37. The number of azo groups is 1. The highest BCUT2D eigenvalue weighted by atomic mass is 15.4. The van der Waals surface area contributed by atoms with Gasteiger partial charge in [0, 0.05) is 5.11 Å². The average Bonchev–Trinajstić information content (AvgIpc) is 1.93. The topological polar surface area (TPSA) is 41.4 Å². The molecule has 1 aromatic rings. The van der Waals surface area contributed by atoms with Crippen LogP contribution in [-0.2, 0) is 0 Å². The highest BCUT2D eigenvalue weighted by molar-refractivity contribution is 5.36. The van der Waals surface area contributed by atoms with Crippen molar-refractivity contribution in [1.29, 1.82) is 0 Å². The molecular formula is C8H12N3+. The molecule has 0 saturated heterocycles. The molecule has 0 aliphatic carbocycles. The number of hydrazine groups is 1. The van der Waals surface area contributed by atoms with Crippen molar-refractivity contribution in [3.05, 3.63) is 29.8 Å². The SMILES string of the molecule is Cc1ccc(N=[N+](C)N)cc1. The first-order valence-corrected chi connectivity index (χ1v) is 3.45. The minimum absolute atomic E-state index is 0.876. The Bertz CT molecular complexity index is 257. The lowest BCUT2D eigenvalue weighted by molar-refractivity contribution is -0.573. The van der Waals surface area contributed by atoms with E-state index in [-0.39, 0.29) is 0 Å². The van der Waals surface area contributed by atoms with E-state index >= 15 is 0 Å². The first-order valence-electron chi connectivity index (χ1n) is 3.45. The molecule has 0 saturated carbocycles. The molecule has 0 heterocycles. The van der Waals surface area contributed by atoms with Gasteiger partial charge in [-0.1, -0.05) is 17.7 Å². The molecule has 3 nitrogen and oxygen atoms in total. The number of benzene rings is 1. The second-order valence-electron chi connectivity index (χ2n) is 2.51. The van der Waals surface area contributed by atoms with Crippen molar-refractivity contribution in [3.63, 3.8) is 0 Å². The first-order chi connectivity index (χ1) is 5.18. The Kier molecular flexibility index (Phi) is 2.21. The van der Waals surface area contributed by atoms with E-state index in [9.17, 15) is 0 Å². The monoisotopic (exact) mass is 150 g/mol. The molecule has 0 atom stereocenters. The standard InChI is InChI=1S/C8H12N3/c1-7-3-5-8(6-4-7)10-11(2)9/h3-6H,1-2H3,(H2,9,10)/q+1. The van der Waals surface area contributed by atoms with Crippen molar-refractivity contribution in [1.82, 2.24) is 0 Å². The molecule has 0 aliphatic heterocycles. The Balaban J connectivity index is 2.91. The molecule has 58 valence electrons. The zero-order chi connectivity index (χ0) is 8.27. The molecule has 3 heteroatoms. The lowest BCUT2D eigenvalue weighted by Gasteiger charge is -1.90. The summed E-state index contributed by atoms with van der Waals surface area (Å²) in [4.78, 5) is 1.30. The zero-order valence-electron chi connectivity index (χ0n) is 6.78. The molecule has 1 rings (SSSR count). The molecule has 0 spiro atoms. The molecule has 11 heavy (non-hydrogen) atoms. The van der Waals surface area contributed by atoms with Gasteiger partial charge in [-0.2, -0.15) is 5.84 Å². The third-order valence-corrected chi connectivity index (χ3v) is 1.31. The van der Waals surface area contributed by atoms with Gasteiger partial charge >= 0.3 is 0 Å². The van der Waals surface area contributed by atoms with Gasteiger partial charge in [-0.25, -0.2) is 0 Å². The number of nitrogens with zero attached hydrogens (tertiary/aromatic N) is 2. The summed E-state index contributed by atoms with van der Waals surface area (Å²) in [6, 6.07) is 7.86. The fraction of sp³-hybridized carbons (Fsp3) is 0.250. The van der Waals surface area contributed by atoms with Crippen molar-refractivity contribution >= 4 is 5.69 Å². The quantitative estimate of drug-likeness (QED) is 0.281. The van der Waals surface area contributed by atoms with E-state index in [4.69, 9.17) is 5.84 Å². The van der Waals surface area contributed by atoms with Gasteiger partial charge in [-0.05, 0) is 23.9 Å². The molecule has 1 aromatic carbocycles. The smallest absolute Gasteiger partial charge is 0.186 e. The molecule has 0 unspecified atom stereocenters. The van der Waals surface area contributed by atoms with Crippen molar-refractivity contribution < 1.29 is 4.81 Å². The number of hydrogen-bond donors (Lipinski definition) is 1. The minimum Gasteiger partial charge on any atom is -0.186 e. The van der Waals surface area contributed by atoms with E-state index in [1.54, 1.807) is 7.05 Å². The van der Waals surface area contributed by atoms with Crippen LogP contribution in [0.4, 0.5) is 5.69 Å². The summed E-state index contributed by atoms with van der Waals surface area (Å²) in [6.07, 6.45) is 0. The third-order valence-electron chi connectivity index (χ3n) is 1.31. The van der Waals surface area contributed by atoms with Crippen molar-refractivity contribution in [2.75, 3.05) is 7.05 Å². The minimum atomic E-state index is 0.876. The fourth-order valence-electron chi connectivity index (χ4n) is 0.794. The van der Waals surface area contributed by atoms with Crippen LogP contribution in [-0.4, -0.2) is 11.9 Å². The fourth-order valence-corrected chi connectivity index (χ4v) is 0.794. The molecule has 0 aliphatic rings. The van der Waals surface area contributed by atoms with Crippen LogP contribution in [0.15, 0.2) is 29.4 Å². The molecule has 0 radical (unpaired) electrons. The summed E-state index contributed by atoms with van der Waals surface area (Å²) >= 11 is 0. The number of hydrogen-bond acceptors (Lipinski definition) is 1. The van der Waals surface area contributed by atoms with Gasteiger partial charge in [-0.15, -0.1) is 0 Å². The second-order valence-corrected chi connectivity index (χ2v) is 2.51. The molecule has 0 fully saturated rings. The maximum Gasteiger partial charge on any atom is 0.190 e. The van der Waals surface area contributed by atoms with E-state index in [2.05, 4.69) is 5.11 Å². The van der Waals surface area contributed by atoms with Crippen molar-refractivity contribution in [2.24, 2.45) is 11.0 Å². The summed E-state index contributed by atoms with van der Waals surface area (Å²) < 4.78 is 0. The van der Waals surface area contributed by atoms with Crippen LogP contribution in [0.2, 0.25) is 0 Å². The van der Waals surface area contributed by atoms with Crippen LogP contribution in [0.5, 0.6) is 0 Å². The van der Waals surface area contributed by atoms with Crippen LogP contribution in [0, 0.1) is 6.92 Å². The van der Waals surface area contributed by atoms with Crippen LogP contribution in [0.3, 0.4) is 0 Å². The molecule has 0 aromatic heterocycles. The predicted molar refractivity (Wildman–Crippen MR) is 43.6 cm³/mol. The number of aryl methyl sites for hydroxylation is 1. The van der Waals surface area contributed by atoms with E-state index in [0.717, 1.165) is 5.69 Å². The Morgan fingerprint density at radius 1 is 1.27 bits per heavy atom. The first kappa shape index (κ1) is 7.72. The normalized spacial score (nSPS) is 11.6. The van der Waals surface area contributed by atoms with Gasteiger partial charge in [0.25, 0.3) is 0 Å². The lowest BCUT2D eigenvalue weighted by atomic mass is 10.2. The van der Waals surface area contributed by atoms with Crippen LogP contribution >= 0.6 is 0 Å². The van der Waals surface area contributed by atoms with E-state index < -0.39 is 0 Å². The van der Waals surface area contributed by atoms with Crippen LogP contribution in [0.25, 0.3) is 0 Å². The average molecular weight is 150 g/mol. The molecule has 0 bridgehead atoms. The van der Waals surface area contributed by atoms with Crippen molar-refractivity contribution in [3.8, 4) is 0 Å². The van der Waals surface area contributed by atoms with Crippen molar-refractivity contribution in [2.45, 2.75) is 6.92 Å². The Hall–Kier alpha value is -1.38. The van der Waals surface area contributed by atoms with Gasteiger partial charge < -0.3 is 0 Å². The zero-order valence-corrected chi connectivity index (χ0v) is 6.78. The van der Waals surface area contributed by atoms with Gasteiger partial charge in [0.15, 0.2) is 7.05 Å². The Morgan fingerprint density at radius 3 is 2.27 bits per heavy atom. The number of rotatable bonds is 1. The van der Waals surface area contributed by atoms with Crippen LogP contribution in [0.1, 0.15) is 5.56 Å². The summed E-state index contributed by atoms with van der Waals surface area (Å²) in [5.74, 6) is 5.33. The Morgan fingerprint density at radius 2 is 1.82 bits per heavy atom. The van der Waals surface area contributed by atoms with Gasteiger partial charge in [0.2, 0.25) is 0 Å². The highest BCUT2D eigenvalue weighted by Crippen LogP contribution is 2.11. The summed E-state index contributed by atoms with van der Waals surface area (Å²) in [5, 5.41) is 4.01. The highest BCUT2D eigenvalue weighted by Gasteiger charge is 1.92. The maximum absolute atomic E-state index is 5.33. The van der Waals surface area contributed by atoms with Gasteiger partial charge in [-0.3, -0.25) is 0 Å². The van der Waals surface area contributed by atoms with E-state index in [1.807, 2.05) is 31.2 Å². The van der Waals surface area contributed by atoms with Gasteiger partial charge in [0.1, 0.15) is 5.69 Å². The van der Waals surface area contributed by atoms with Crippen LogP contribution < -0.4 is 5.84 Å². The largest absolute Gasteiger partial charge is 0.190 e. The molecular weight excluding hydrogens is 138 g/mol. The second kappa shape index (κ2) is 3.14. The van der Waals surface area contributed by atoms with E-state index in [0.29, 0.717) is 0 Å². The lowest BCUT2D eigenvalue weighted by Crippen LogP contribution is -2.09. The molecule has 0 amide bonds. The summed E-state index contributed by atoms with van der Waals surface area (Å²) in [5.41, 5.74) is 2.10. The molecule has 2 N–H and O–H groups in total.